The third-order valence-electron chi connectivity index (χ3n) is 3.44. The van der Waals surface area contributed by atoms with Crippen LogP contribution < -0.4 is 4.74 Å². The average molecular weight is 358 g/mol. The van der Waals surface area contributed by atoms with Crippen LogP contribution in [0.15, 0.2) is 23.6 Å². The van der Waals surface area contributed by atoms with Crippen molar-refractivity contribution < 1.29 is 4.74 Å². The fourth-order valence-electron chi connectivity index (χ4n) is 2.49. The monoisotopic (exact) mass is 356 g/mol. The molecule has 100 valence electrons. The van der Waals surface area contributed by atoms with E-state index in [0.717, 1.165) is 35.8 Å². The molecule has 3 rings (SSSR count). The highest BCUT2D eigenvalue weighted by atomic mass is 79.9. The van der Waals surface area contributed by atoms with E-state index in [4.69, 9.17) is 16.3 Å². The predicted octanol–water partition coefficient (Wildman–Crippen LogP) is 5.38. The van der Waals surface area contributed by atoms with Crippen LogP contribution in [-0.2, 0) is 12.8 Å². The summed E-state index contributed by atoms with van der Waals surface area (Å²) in [5, 5.41) is 2.94. The van der Waals surface area contributed by atoms with Crippen LogP contribution >= 0.6 is 38.9 Å². The number of thiophene rings is 1. The molecule has 1 nitrogen and oxygen atoms in total. The predicted molar refractivity (Wildman–Crippen MR) is 85.1 cm³/mol. The molecule has 1 aromatic heterocycles. The van der Waals surface area contributed by atoms with Gasteiger partial charge in [0.25, 0.3) is 0 Å². The zero-order chi connectivity index (χ0) is 13.4. The minimum absolute atomic E-state index is 0.160. The molecule has 2 aromatic rings. The second-order valence-corrected chi connectivity index (χ2v) is 6.91. The number of fused-ring (bicyclic) bond motifs is 1. The van der Waals surface area contributed by atoms with Crippen molar-refractivity contribution in [2.45, 2.75) is 24.6 Å². The molecule has 0 saturated heterocycles. The van der Waals surface area contributed by atoms with Crippen molar-refractivity contribution in [2.24, 2.45) is 0 Å². The molecular formula is C15H14BrClOS. The number of alkyl halides is 1. The van der Waals surface area contributed by atoms with Crippen LogP contribution in [0.3, 0.4) is 0 Å². The standard InChI is InChI=1S/C15H14BrClOS/c1-2-9-4-6-19-15(9)13(16)12-8-11(17)7-10-3-5-18-14(10)12/h4,6-8,13H,2-3,5H2,1H3. The number of rotatable bonds is 3. The first-order chi connectivity index (χ1) is 9.20. The molecule has 4 heteroatoms. The van der Waals surface area contributed by atoms with Crippen molar-refractivity contribution in [1.29, 1.82) is 0 Å². The lowest BCUT2D eigenvalue weighted by atomic mass is 10.0. The number of aryl methyl sites for hydroxylation is 1. The van der Waals surface area contributed by atoms with E-state index in [0.29, 0.717) is 0 Å². The minimum Gasteiger partial charge on any atom is -0.493 e. The largest absolute Gasteiger partial charge is 0.493 e. The van der Waals surface area contributed by atoms with Gasteiger partial charge in [-0.1, -0.05) is 34.5 Å². The topological polar surface area (TPSA) is 9.23 Å². The third-order valence-corrected chi connectivity index (χ3v) is 5.94. The summed E-state index contributed by atoms with van der Waals surface area (Å²) in [5.41, 5.74) is 3.76. The number of halogens is 2. The van der Waals surface area contributed by atoms with E-state index in [1.807, 2.05) is 12.1 Å². The summed E-state index contributed by atoms with van der Waals surface area (Å²) in [7, 11) is 0. The van der Waals surface area contributed by atoms with Crippen LogP contribution in [0.25, 0.3) is 0 Å². The van der Waals surface area contributed by atoms with Crippen LogP contribution in [0.5, 0.6) is 5.75 Å². The number of ether oxygens (including phenoxy) is 1. The summed E-state index contributed by atoms with van der Waals surface area (Å²) in [4.78, 5) is 1.51. The Morgan fingerprint density at radius 1 is 1.47 bits per heavy atom. The van der Waals surface area contributed by atoms with Gasteiger partial charge in [0, 0.05) is 21.9 Å². The normalized spacial score (nSPS) is 15.1. The van der Waals surface area contributed by atoms with Crippen molar-refractivity contribution in [3.8, 4) is 5.75 Å². The van der Waals surface area contributed by atoms with E-state index >= 15 is 0 Å². The lowest BCUT2D eigenvalue weighted by Gasteiger charge is -2.15. The van der Waals surface area contributed by atoms with Crippen LogP contribution in [0, 0.1) is 0 Å². The summed E-state index contributed by atoms with van der Waals surface area (Å²) in [6.07, 6.45) is 2.00. The maximum atomic E-state index is 6.23. The Kier molecular flexibility index (Phi) is 3.88. The summed E-state index contributed by atoms with van der Waals surface area (Å²) >= 11 is 11.8. The van der Waals surface area contributed by atoms with Crippen LogP contribution in [-0.4, -0.2) is 6.61 Å². The molecule has 0 aliphatic carbocycles. The molecule has 1 aromatic carbocycles. The third kappa shape index (κ3) is 2.44. The van der Waals surface area contributed by atoms with E-state index in [2.05, 4.69) is 34.3 Å². The van der Waals surface area contributed by atoms with Gasteiger partial charge >= 0.3 is 0 Å². The van der Waals surface area contributed by atoms with Gasteiger partial charge in [-0.2, -0.15) is 0 Å². The Morgan fingerprint density at radius 3 is 3.11 bits per heavy atom. The Morgan fingerprint density at radius 2 is 2.32 bits per heavy atom. The second-order valence-electron chi connectivity index (χ2n) is 4.61. The Bertz CT molecular complexity index is 608. The molecule has 0 saturated carbocycles. The molecule has 2 heterocycles. The Labute approximate surface area is 130 Å². The zero-order valence-electron chi connectivity index (χ0n) is 10.6. The first kappa shape index (κ1) is 13.5. The molecule has 1 aliphatic heterocycles. The van der Waals surface area contributed by atoms with Crippen LogP contribution in [0.1, 0.15) is 33.3 Å². The van der Waals surface area contributed by atoms with Gasteiger partial charge in [0.1, 0.15) is 5.75 Å². The van der Waals surface area contributed by atoms with Crippen LogP contribution in [0.4, 0.5) is 0 Å². The van der Waals surface area contributed by atoms with E-state index in [-0.39, 0.29) is 4.83 Å². The van der Waals surface area contributed by atoms with Crippen molar-refractivity contribution in [3.05, 3.63) is 50.2 Å². The van der Waals surface area contributed by atoms with Gasteiger partial charge in [-0.3, -0.25) is 0 Å². The number of hydrogen-bond acceptors (Lipinski definition) is 2. The van der Waals surface area contributed by atoms with E-state index in [1.54, 1.807) is 11.3 Å². The summed E-state index contributed by atoms with van der Waals surface area (Å²) in [6, 6.07) is 6.23. The summed E-state index contributed by atoms with van der Waals surface area (Å²) in [5.74, 6) is 1.02. The maximum absolute atomic E-state index is 6.23. The van der Waals surface area contributed by atoms with Gasteiger partial charge in [0.2, 0.25) is 0 Å². The van der Waals surface area contributed by atoms with Gasteiger partial charge in [-0.05, 0) is 41.1 Å². The lowest BCUT2D eigenvalue weighted by molar-refractivity contribution is 0.354. The van der Waals surface area contributed by atoms with Crippen molar-refractivity contribution in [2.75, 3.05) is 6.61 Å². The molecule has 1 unspecified atom stereocenters. The molecule has 0 spiro atoms. The number of hydrogen-bond donors (Lipinski definition) is 0. The molecule has 0 N–H and O–H groups in total. The second kappa shape index (κ2) is 5.47. The molecule has 0 fully saturated rings. The smallest absolute Gasteiger partial charge is 0.127 e. The first-order valence-corrected chi connectivity index (χ1v) is 8.53. The van der Waals surface area contributed by atoms with Crippen LogP contribution in [0.2, 0.25) is 5.02 Å². The SMILES string of the molecule is CCc1ccsc1C(Br)c1cc(Cl)cc2c1OCC2. The first-order valence-electron chi connectivity index (χ1n) is 6.36. The van der Waals surface area contributed by atoms with Crippen molar-refractivity contribution in [1.82, 2.24) is 0 Å². The highest BCUT2D eigenvalue weighted by Gasteiger charge is 2.24. The molecular weight excluding hydrogens is 344 g/mol. The number of benzene rings is 1. The van der Waals surface area contributed by atoms with Gasteiger partial charge in [0.15, 0.2) is 0 Å². The van der Waals surface area contributed by atoms with E-state index in [9.17, 15) is 0 Å². The summed E-state index contributed by atoms with van der Waals surface area (Å²) < 4.78 is 5.79. The van der Waals surface area contributed by atoms with E-state index in [1.165, 1.54) is 16.0 Å². The zero-order valence-corrected chi connectivity index (χ0v) is 13.7. The fraction of sp³-hybridized carbons (Fsp3) is 0.333. The average Bonchev–Trinajstić information content (AvgIpc) is 3.04. The Hall–Kier alpha value is -0.510. The molecule has 1 atom stereocenters. The summed E-state index contributed by atoms with van der Waals surface area (Å²) in [6.45, 7) is 2.94. The molecule has 0 bridgehead atoms. The highest BCUT2D eigenvalue weighted by molar-refractivity contribution is 9.09. The van der Waals surface area contributed by atoms with Gasteiger partial charge in [0.05, 0.1) is 11.4 Å². The van der Waals surface area contributed by atoms with Crippen molar-refractivity contribution >= 4 is 38.9 Å². The van der Waals surface area contributed by atoms with Gasteiger partial charge in [-0.15, -0.1) is 11.3 Å². The molecule has 0 amide bonds. The maximum Gasteiger partial charge on any atom is 0.127 e. The fourth-order valence-corrected chi connectivity index (χ4v) is 4.69. The molecule has 19 heavy (non-hydrogen) atoms. The van der Waals surface area contributed by atoms with E-state index < -0.39 is 0 Å². The van der Waals surface area contributed by atoms with Crippen molar-refractivity contribution in [3.63, 3.8) is 0 Å². The minimum atomic E-state index is 0.160. The molecule has 0 radical (unpaired) electrons. The quantitative estimate of drug-likeness (QED) is 0.670. The lowest BCUT2D eigenvalue weighted by Crippen LogP contribution is -1.97. The molecule has 1 aliphatic rings. The highest BCUT2D eigenvalue weighted by Crippen LogP contribution is 2.44. The van der Waals surface area contributed by atoms with Gasteiger partial charge in [-0.25, -0.2) is 0 Å². The Balaban J connectivity index is 2.07. The van der Waals surface area contributed by atoms with Gasteiger partial charge < -0.3 is 4.74 Å².